The Morgan fingerprint density at radius 3 is 2.65 bits per heavy atom. The van der Waals surface area contributed by atoms with E-state index in [1.807, 2.05) is 24.3 Å². The molecule has 1 N–H and O–H groups in total. The molecule has 4 nitrogen and oxygen atoms in total. The van der Waals surface area contributed by atoms with Crippen LogP contribution in [0.1, 0.15) is 30.2 Å². The molecule has 0 radical (unpaired) electrons. The monoisotopic (exact) mass is 251 g/mol. The van der Waals surface area contributed by atoms with Crippen LogP contribution in [0.2, 0.25) is 5.02 Å². The maximum atomic E-state index is 5.84. The molecule has 1 aromatic carbocycles. The fraction of sp³-hybridized carbons (Fsp3) is 0.333. The van der Waals surface area contributed by atoms with Gasteiger partial charge in [-0.2, -0.15) is 4.98 Å². The maximum Gasteiger partial charge on any atom is 0.223 e. The van der Waals surface area contributed by atoms with E-state index in [0.29, 0.717) is 18.3 Å². The Labute approximate surface area is 105 Å². The Morgan fingerprint density at radius 1 is 1.35 bits per heavy atom. The zero-order valence-electron chi connectivity index (χ0n) is 9.77. The van der Waals surface area contributed by atoms with Crippen molar-refractivity contribution in [1.29, 1.82) is 0 Å². The van der Waals surface area contributed by atoms with Crippen LogP contribution in [0.5, 0.6) is 0 Å². The summed E-state index contributed by atoms with van der Waals surface area (Å²) in [5.74, 6) is 1.25. The van der Waals surface area contributed by atoms with Crippen LogP contribution in [-0.4, -0.2) is 10.1 Å². The number of nitrogens with zero attached hydrogens (tertiary/aromatic N) is 2. The maximum absolute atomic E-state index is 5.84. The highest BCUT2D eigenvalue weighted by molar-refractivity contribution is 6.30. The van der Waals surface area contributed by atoms with Crippen molar-refractivity contribution in [2.75, 3.05) is 0 Å². The zero-order valence-corrected chi connectivity index (χ0v) is 10.5. The van der Waals surface area contributed by atoms with Crippen LogP contribution in [0.15, 0.2) is 28.8 Å². The van der Waals surface area contributed by atoms with Crippen molar-refractivity contribution in [3.63, 3.8) is 0 Å². The molecule has 0 bridgehead atoms. The number of rotatable bonds is 4. The Hall–Kier alpha value is -1.39. The largest absolute Gasteiger partial charge is 0.340 e. The quantitative estimate of drug-likeness (QED) is 0.908. The van der Waals surface area contributed by atoms with Gasteiger partial charge in [-0.3, -0.25) is 0 Å². The standard InChI is InChI=1S/C12H14ClN3O/c1-8(10-3-5-11(13)6-4-10)14-7-12-15-9(2)17-16-12/h3-6,8,14H,7H2,1-2H3/t8-/m0/s1. The molecule has 0 fully saturated rings. The highest BCUT2D eigenvalue weighted by atomic mass is 35.5. The van der Waals surface area contributed by atoms with Gasteiger partial charge in [0.2, 0.25) is 5.89 Å². The summed E-state index contributed by atoms with van der Waals surface area (Å²) in [4.78, 5) is 4.13. The molecule has 0 unspecified atom stereocenters. The van der Waals surface area contributed by atoms with Crippen LogP contribution in [0, 0.1) is 6.92 Å². The SMILES string of the molecule is Cc1nc(CN[C@@H](C)c2ccc(Cl)cc2)no1. The number of aromatic nitrogens is 2. The van der Waals surface area contributed by atoms with Gasteiger partial charge in [-0.05, 0) is 24.6 Å². The van der Waals surface area contributed by atoms with Gasteiger partial charge in [0.1, 0.15) is 0 Å². The van der Waals surface area contributed by atoms with E-state index < -0.39 is 0 Å². The van der Waals surface area contributed by atoms with Gasteiger partial charge in [0, 0.05) is 18.0 Å². The van der Waals surface area contributed by atoms with Gasteiger partial charge in [0.25, 0.3) is 0 Å². The van der Waals surface area contributed by atoms with Crippen LogP contribution in [0.25, 0.3) is 0 Å². The third kappa shape index (κ3) is 3.28. The Morgan fingerprint density at radius 2 is 2.06 bits per heavy atom. The van der Waals surface area contributed by atoms with Gasteiger partial charge < -0.3 is 9.84 Å². The Kier molecular flexibility index (Phi) is 3.76. The molecule has 0 saturated carbocycles. The van der Waals surface area contributed by atoms with Crippen molar-refractivity contribution in [3.8, 4) is 0 Å². The van der Waals surface area contributed by atoms with E-state index in [4.69, 9.17) is 16.1 Å². The van der Waals surface area contributed by atoms with Gasteiger partial charge in [-0.15, -0.1) is 0 Å². The summed E-state index contributed by atoms with van der Waals surface area (Å²) < 4.78 is 4.90. The molecule has 2 rings (SSSR count). The molecule has 0 aliphatic carbocycles. The minimum atomic E-state index is 0.214. The number of halogens is 1. The summed E-state index contributed by atoms with van der Waals surface area (Å²) in [5.41, 5.74) is 1.18. The van der Waals surface area contributed by atoms with E-state index in [2.05, 4.69) is 22.4 Å². The van der Waals surface area contributed by atoms with Gasteiger partial charge in [-0.1, -0.05) is 28.9 Å². The summed E-state index contributed by atoms with van der Waals surface area (Å²) in [5, 5.41) is 7.89. The van der Waals surface area contributed by atoms with E-state index in [0.717, 1.165) is 5.02 Å². The Balaban J connectivity index is 1.93. The second-order valence-corrected chi connectivity index (χ2v) is 4.32. The lowest BCUT2D eigenvalue weighted by atomic mass is 10.1. The molecule has 1 heterocycles. The first-order valence-corrected chi connectivity index (χ1v) is 5.81. The first kappa shape index (κ1) is 12.1. The predicted molar refractivity (Wildman–Crippen MR) is 65.7 cm³/mol. The topological polar surface area (TPSA) is 51.0 Å². The second kappa shape index (κ2) is 5.29. The van der Waals surface area contributed by atoms with Crippen molar-refractivity contribution in [3.05, 3.63) is 46.6 Å². The molecule has 17 heavy (non-hydrogen) atoms. The van der Waals surface area contributed by atoms with Crippen molar-refractivity contribution in [1.82, 2.24) is 15.5 Å². The van der Waals surface area contributed by atoms with E-state index in [-0.39, 0.29) is 6.04 Å². The third-order valence-corrected chi connectivity index (χ3v) is 2.76. The lowest BCUT2D eigenvalue weighted by Gasteiger charge is -2.12. The first-order chi connectivity index (χ1) is 8.15. The van der Waals surface area contributed by atoms with Crippen LogP contribution in [0.4, 0.5) is 0 Å². The Bertz CT molecular complexity index is 481. The number of hydrogen-bond donors (Lipinski definition) is 1. The lowest BCUT2D eigenvalue weighted by molar-refractivity contribution is 0.384. The van der Waals surface area contributed by atoms with Gasteiger partial charge in [0.05, 0.1) is 6.54 Å². The van der Waals surface area contributed by atoms with Crippen LogP contribution in [-0.2, 0) is 6.54 Å². The fourth-order valence-electron chi connectivity index (χ4n) is 1.53. The second-order valence-electron chi connectivity index (χ2n) is 3.88. The van der Waals surface area contributed by atoms with Crippen LogP contribution in [0.3, 0.4) is 0 Å². The molecule has 1 atom stereocenters. The molecule has 0 aliphatic rings. The van der Waals surface area contributed by atoms with Crippen molar-refractivity contribution in [2.24, 2.45) is 0 Å². The molecule has 2 aromatic rings. The van der Waals surface area contributed by atoms with Crippen molar-refractivity contribution in [2.45, 2.75) is 26.4 Å². The number of aryl methyl sites for hydroxylation is 1. The molecule has 1 aromatic heterocycles. The predicted octanol–water partition coefficient (Wildman–Crippen LogP) is 2.88. The number of benzene rings is 1. The minimum absolute atomic E-state index is 0.214. The van der Waals surface area contributed by atoms with Gasteiger partial charge >= 0.3 is 0 Å². The molecular formula is C12H14ClN3O. The number of nitrogens with one attached hydrogen (secondary N) is 1. The summed E-state index contributed by atoms with van der Waals surface area (Å²) in [7, 11) is 0. The molecule has 0 aliphatic heterocycles. The van der Waals surface area contributed by atoms with Gasteiger partial charge in [0.15, 0.2) is 5.82 Å². The van der Waals surface area contributed by atoms with Crippen molar-refractivity contribution >= 4 is 11.6 Å². The molecule has 0 amide bonds. The number of hydrogen-bond acceptors (Lipinski definition) is 4. The first-order valence-electron chi connectivity index (χ1n) is 5.43. The molecular weight excluding hydrogens is 238 g/mol. The lowest BCUT2D eigenvalue weighted by Crippen LogP contribution is -2.18. The molecule has 0 saturated heterocycles. The van der Waals surface area contributed by atoms with Crippen LogP contribution < -0.4 is 5.32 Å². The van der Waals surface area contributed by atoms with E-state index in [1.54, 1.807) is 6.92 Å². The third-order valence-electron chi connectivity index (χ3n) is 2.51. The molecule has 90 valence electrons. The smallest absolute Gasteiger partial charge is 0.223 e. The van der Waals surface area contributed by atoms with E-state index in [1.165, 1.54) is 5.56 Å². The van der Waals surface area contributed by atoms with E-state index in [9.17, 15) is 0 Å². The average Bonchev–Trinajstić information content (AvgIpc) is 2.73. The summed E-state index contributed by atoms with van der Waals surface area (Å²) in [6, 6.07) is 7.98. The fourth-order valence-corrected chi connectivity index (χ4v) is 1.65. The highest BCUT2D eigenvalue weighted by Crippen LogP contribution is 2.16. The highest BCUT2D eigenvalue weighted by Gasteiger charge is 2.07. The minimum Gasteiger partial charge on any atom is -0.340 e. The summed E-state index contributed by atoms with van der Waals surface area (Å²) in [6.45, 7) is 4.44. The summed E-state index contributed by atoms with van der Waals surface area (Å²) >= 11 is 5.84. The van der Waals surface area contributed by atoms with E-state index >= 15 is 0 Å². The van der Waals surface area contributed by atoms with Crippen LogP contribution >= 0.6 is 11.6 Å². The normalized spacial score (nSPS) is 12.6. The van der Waals surface area contributed by atoms with Gasteiger partial charge in [-0.25, -0.2) is 0 Å². The molecule has 5 heteroatoms. The molecule has 0 spiro atoms. The zero-order chi connectivity index (χ0) is 12.3. The average molecular weight is 252 g/mol. The van der Waals surface area contributed by atoms with Crippen molar-refractivity contribution < 1.29 is 4.52 Å². The summed E-state index contributed by atoms with van der Waals surface area (Å²) in [6.07, 6.45) is 0.